The van der Waals surface area contributed by atoms with Crippen LogP contribution in [-0.4, -0.2) is 45.2 Å². The maximum Gasteiger partial charge on any atom is 0.340 e. The average Bonchev–Trinajstić information content (AvgIpc) is 2.79. The molecule has 3 aromatic rings. The van der Waals surface area contributed by atoms with Gasteiger partial charge in [0.15, 0.2) is 11.3 Å². The number of hydrogen-bond donors (Lipinski definition) is 3. The Kier molecular flexibility index (Phi) is 5.38. The van der Waals surface area contributed by atoms with Gasteiger partial charge in [0.25, 0.3) is 0 Å². The van der Waals surface area contributed by atoms with Crippen LogP contribution in [0, 0.1) is 6.92 Å². The molecular weight excluding hydrogens is 414 g/mol. The molecule has 166 valence electrons. The van der Waals surface area contributed by atoms with Gasteiger partial charge in [0, 0.05) is 18.5 Å². The van der Waals surface area contributed by atoms with Crippen LogP contribution in [0.3, 0.4) is 0 Å². The molecule has 0 radical (unpaired) electrons. The highest BCUT2D eigenvalue weighted by Gasteiger charge is 2.43. The molecule has 3 N–H and O–H groups in total. The second kappa shape index (κ2) is 8.03. The van der Waals surface area contributed by atoms with E-state index in [1.165, 1.54) is 12.1 Å². The number of carboxylic acid groups (broad SMARTS) is 1. The van der Waals surface area contributed by atoms with E-state index in [1.807, 2.05) is 6.07 Å². The smallest absolute Gasteiger partial charge is 0.340 e. The quantitative estimate of drug-likeness (QED) is 0.423. The minimum absolute atomic E-state index is 0.129. The summed E-state index contributed by atoms with van der Waals surface area (Å²) in [5.41, 5.74) is -0.559. The number of phenolic OH excluding ortho intramolecular Hbond substituents is 2. The number of nitrogens with zero attached hydrogens (tertiary/aromatic N) is 1. The van der Waals surface area contributed by atoms with Crippen molar-refractivity contribution in [3.63, 3.8) is 0 Å². The Balaban J connectivity index is 1.56. The molecule has 1 saturated heterocycles. The Morgan fingerprint density at radius 1 is 1.06 bits per heavy atom. The maximum absolute atomic E-state index is 13.0. The summed E-state index contributed by atoms with van der Waals surface area (Å²) in [4.78, 5) is 39.1. The zero-order valence-corrected chi connectivity index (χ0v) is 17.5. The topological polar surface area (TPSA) is 128 Å². The van der Waals surface area contributed by atoms with E-state index in [2.05, 4.69) is 0 Å². The van der Waals surface area contributed by atoms with E-state index in [-0.39, 0.29) is 49.4 Å². The van der Waals surface area contributed by atoms with E-state index in [1.54, 1.807) is 36.1 Å². The molecule has 8 heteroatoms. The van der Waals surface area contributed by atoms with Crippen LogP contribution in [-0.2, 0) is 21.4 Å². The molecule has 0 unspecified atom stereocenters. The summed E-state index contributed by atoms with van der Waals surface area (Å²) in [5.74, 6) is -2.14. The number of aliphatic carboxylic acids is 1. The van der Waals surface area contributed by atoms with Gasteiger partial charge in [-0.2, -0.15) is 0 Å². The van der Waals surface area contributed by atoms with E-state index in [4.69, 9.17) is 4.42 Å². The number of likely N-dealkylation sites (tertiary alicyclic amines) is 1. The van der Waals surface area contributed by atoms with Gasteiger partial charge in [-0.15, -0.1) is 0 Å². The largest absolute Gasteiger partial charge is 0.504 e. The predicted molar refractivity (Wildman–Crippen MR) is 116 cm³/mol. The molecule has 0 saturated carbocycles. The predicted octanol–water partition coefficient (Wildman–Crippen LogP) is 2.70. The number of phenols is 2. The summed E-state index contributed by atoms with van der Waals surface area (Å²) in [6.45, 7) is 2.17. The van der Waals surface area contributed by atoms with Gasteiger partial charge in [-0.05, 0) is 43.0 Å². The number of aryl methyl sites for hydroxylation is 1. The van der Waals surface area contributed by atoms with Crippen molar-refractivity contribution in [3.8, 4) is 11.5 Å². The van der Waals surface area contributed by atoms with Gasteiger partial charge in [-0.3, -0.25) is 9.59 Å². The first-order chi connectivity index (χ1) is 15.2. The normalized spacial score (nSPS) is 15.6. The number of fused-ring (bicyclic) bond motifs is 1. The van der Waals surface area contributed by atoms with E-state index in [0.717, 1.165) is 0 Å². The van der Waals surface area contributed by atoms with Crippen LogP contribution in [0.1, 0.15) is 29.5 Å². The van der Waals surface area contributed by atoms with Gasteiger partial charge in [-0.1, -0.05) is 30.3 Å². The minimum Gasteiger partial charge on any atom is -0.504 e. The van der Waals surface area contributed by atoms with Crippen LogP contribution in [0.5, 0.6) is 11.5 Å². The number of amides is 1. The van der Waals surface area contributed by atoms with Gasteiger partial charge in [-0.25, -0.2) is 4.79 Å². The Bertz CT molecular complexity index is 1250. The van der Waals surface area contributed by atoms with Gasteiger partial charge in [0.1, 0.15) is 0 Å². The molecule has 1 aliphatic rings. The van der Waals surface area contributed by atoms with E-state index >= 15 is 0 Å². The summed E-state index contributed by atoms with van der Waals surface area (Å²) in [6, 6.07) is 11.8. The molecule has 2 aromatic carbocycles. The lowest BCUT2D eigenvalue weighted by Crippen LogP contribution is -2.49. The van der Waals surface area contributed by atoms with Crippen molar-refractivity contribution >= 4 is 22.8 Å². The van der Waals surface area contributed by atoms with Crippen LogP contribution < -0.4 is 5.63 Å². The summed E-state index contributed by atoms with van der Waals surface area (Å²) in [7, 11) is 0. The van der Waals surface area contributed by atoms with Crippen molar-refractivity contribution in [2.75, 3.05) is 13.1 Å². The fourth-order valence-corrected chi connectivity index (χ4v) is 4.42. The Morgan fingerprint density at radius 3 is 2.34 bits per heavy atom. The Hall–Kier alpha value is -3.81. The molecule has 8 nitrogen and oxygen atoms in total. The highest BCUT2D eigenvalue weighted by atomic mass is 16.4. The van der Waals surface area contributed by atoms with Gasteiger partial charge >= 0.3 is 11.6 Å². The molecule has 0 bridgehead atoms. The van der Waals surface area contributed by atoms with Crippen molar-refractivity contribution in [3.05, 3.63) is 69.6 Å². The molecule has 1 amide bonds. The first-order valence-corrected chi connectivity index (χ1v) is 10.3. The molecule has 2 heterocycles. The lowest BCUT2D eigenvalue weighted by Gasteiger charge is -2.39. The van der Waals surface area contributed by atoms with Gasteiger partial charge < -0.3 is 24.6 Å². The van der Waals surface area contributed by atoms with Crippen molar-refractivity contribution in [2.24, 2.45) is 0 Å². The van der Waals surface area contributed by atoms with Crippen molar-refractivity contribution < 1.29 is 29.3 Å². The molecule has 0 aliphatic carbocycles. The van der Waals surface area contributed by atoms with Crippen LogP contribution in [0.15, 0.2) is 51.7 Å². The molecule has 4 rings (SSSR count). The lowest BCUT2D eigenvalue weighted by atomic mass is 9.73. The standard InChI is InChI=1S/C24H23NO7/c1-14-16-7-8-18(26)20(28)21(16)32-22(29)17(14)13-19(27)25-11-9-24(10-12-25,23(30)31)15-5-3-2-4-6-15/h2-8,26,28H,9-13H2,1H3,(H,30,31). The first-order valence-electron chi connectivity index (χ1n) is 10.3. The number of hydrogen-bond acceptors (Lipinski definition) is 6. The first kappa shape index (κ1) is 21.4. The number of carboxylic acids is 1. The number of carbonyl (C=O) groups is 2. The number of rotatable bonds is 4. The molecule has 32 heavy (non-hydrogen) atoms. The zero-order valence-electron chi connectivity index (χ0n) is 17.5. The number of carbonyl (C=O) groups excluding carboxylic acids is 1. The van der Waals surface area contributed by atoms with E-state index in [9.17, 15) is 29.7 Å². The molecule has 0 atom stereocenters. The second-order valence-electron chi connectivity index (χ2n) is 8.11. The second-order valence-corrected chi connectivity index (χ2v) is 8.11. The van der Waals surface area contributed by atoms with Crippen molar-refractivity contribution in [1.82, 2.24) is 4.90 Å². The van der Waals surface area contributed by atoms with Crippen LogP contribution in [0.25, 0.3) is 11.0 Å². The third-order valence-corrected chi connectivity index (χ3v) is 6.44. The third-order valence-electron chi connectivity index (χ3n) is 6.44. The number of piperidine rings is 1. The summed E-state index contributed by atoms with van der Waals surface area (Å²) < 4.78 is 5.18. The maximum atomic E-state index is 13.0. The molecule has 1 aromatic heterocycles. The number of benzene rings is 2. The van der Waals surface area contributed by atoms with Crippen LogP contribution >= 0.6 is 0 Å². The van der Waals surface area contributed by atoms with Crippen molar-refractivity contribution in [1.29, 1.82) is 0 Å². The van der Waals surface area contributed by atoms with Crippen LogP contribution in [0.4, 0.5) is 0 Å². The average molecular weight is 437 g/mol. The summed E-state index contributed by atoms with van der Waals surface area (Å²) in [6.07, 6.45) is 0.351. The Morgan fingerprint density at radius 2 is 1.72 bits per heavy atom. The Labute approximate surface area is 183 Å². The number of aromatic hydroxyl groups is 2. The highest BCUT2D eigenvalue weighted by molar-refractivity contribution is 5.89. The molecular formula is C24H23NO7. The van der Waals surface area contributed by atoms with Gasteiger partial charge in [0.05, 0.1) is 17.4 Å². The van der Waals surface area contributed by atoms with E-state index < -0.39 is 28.5 Å². The monoisotopic (exact) mass is 437 g/mol. The van der Waals surface area contributed by atoms with Crippen LogP contribution in [0.2, 0.25) is 0 Å². The van der Waals surface area contributed by atoms with Crippen molar-refractivity contribution in [2.45, 2.75) is 31.6 Å². The summed E-state index contributed by atoms with van der Waals surface area (Å²) >= 11 is 0. The van der Waals surface area contributed by atoms with Gasteiger partial charge in [0.2, 0.25) is 11.7 Å². The third kappa shape index (κ3) is 3.47. The fraction of sp³-hybridized carbons (Fsp3) is 0.292. The SMILES string of the molecule is Cc1c(CC(=O)N2CCC(C(=O)O)(c3ccccc3)CC2)c(=O)oc2c(O)c(O)ccc12. The molecule has 1 fully saturated rings. The zero-order chi connectivity index (χ0) is 23.0. The fourth-order valence-electron chi connectivity index (χ4n) is 4.42. The van der Waals surface area contributed by atoms with E-state index in [0.29, 0.717) is 16.5 Å². The molecule has 1 aliphatic heterocycles. The highest BCUT2D eigenvalue weighted by Crippen LogP contribution is 2.37. The minimum atomic E-state index is -1.05. The summed E-state index contributed by atoms with van der Waals surface area (Å²) in [5, 5.41) is 29.9. The molecule has 0 spiro atoms. The lowest BCUT2D eigenvalue weighted by molar-refractivity contribution is -0.148.